The summed E-state index contributed by atoms with van der Waals surface area (Å²) in [7, 11) is 7.74. The Bertz CT molecular complexity index is 1240. The molecule has 2 heterocycles. The van der Waals surface area contributed by atoms with Crippen LogP contribution in [0.4, 0.5) is 22.7 Å². The molecule has 0 radical (unpaired) electrons. The molecule has 7 heteroatoms. The van der Waals surface area contributed by atoms with Gasteiger partial charge in [0.15, 0.2) is 8.24 Å². The van der Waals surface area contributed by atoms with Crippen LogP contribution in [0.25, 0.3) is 10.9 Å². The van der Waals surface area contributed by atoms with Crippen LogP contribution in [-0.4, -0.2) is 20.5 Å². The van der Waals surface area contributed by atoms with Crippen LogP contribution in [-0.2, 0) is 17.0 Å². The SMILES string of the molecule is C[C@@H]1C[C@@H]2C(c3ccccc3)=CC=N[C@@H]2C1[Si](C)(C)N1c2ccccc2[N-]c2ccccc21.[CH3-].[Cl][Ti][Cl]. The van der Waals surface area contributed by atoms with E-state index in [4.69, 9.17) is 28.9 Å². The van der Waals surface area contributed by atoms with E-state index < -0.39 is 25.3 Å². The van der Waals surface area contributed by atoms with Crippen molar-refractivity contribution in [2.45, 2.75) is 38.0 Å². The van der Waals surface area contributed by atoms with Crippen molar-refractivity contribution in [3.8, 4) is 0 Å². The van der Waals surface area contributed by atoms with Crippen molar-refractivity contribution in [3.63, 3.8) is 0 Å². The predicted octanol–water partition coefficient (Wildman–Crippen LogP) is 10.1. The molecule has 4 atom stereocenters. The molecular weight excluding hydrogens is 549 g/mol. The minimum absolute atomic E-state index is 0. The number of para-hydroxylation sites is 4. The Labute approximate surface area is 239 Å². The maximum absolute atomic E-state index is 5.16. The predicted molar refractivity (Wildman–Crippen MR) is 161 cm³/mol. The summed E-state index contributed by atoms with van der Waals surface area (Å²) in [4.78, 5) is 5.16. The molecule has 2 aliphatic heterocycles. The molecule has 1 aliphatic carbocycles. The van der Waals surface area contributed by atoms with Crippen LogP contribution in [0.15, 0.2) is 89.9 Å². The van der Waals surface area contributed by atoms with Gasteiger partial charge in [0.25, 0.3) is 0 Å². The number of rotatable bonds is 3. The number of hydrogen-bond donors (Lipinski definition) is 0. The summed E-state index contributed by atoms with van der Waals surface area (Å²) >= 11 is -0.556. The molecule has 0 spiro atoms. The fourth-order valence-electron chi connectivity index (χ4n) is 6.71. The van der Waals surface area contributed by atoms with Gasteiger partial charge < -0.3 is 17.3 Å². The summed E-state index contributed by atoms with van der Waals surface area (Å²) in [5, 5.41) is 4.99. The Morgan fingerprint density at radius 1 is 0.892 bits per heavy atom. The second-order valence-electron chi connectivity index (χ2n) is 10.3. The third-order valence-electron chi connectivity index (χ3n) is 7.92. The molecule has 3 aromatic carbocycles. The van der Waals surface area contributed by atoms with E-state index in [1.807, 2.05) is 0 Å². The van der Waals surface area contributed by atoms with Gasteiger partial charge in [0.1, 0.15) is 0 Å². The Hall–Kier alpha value is -1.82. The molecule has 1 unspecified atom stereocenters. The number of aliphatic imine (C=N–C) groups is 1. The first-order valence-electron chi connectivity index (χ1n) is 12.4. The molecular formula is C30H33Cl2N3SiTi-2. The molecule has 3 aliphatic rings. The normalized spacial score (nSPS) is 23.2. The molecule has 3 aromatic rings. The average molecular weight is 582 g/mol. The second-order valence-corrected chi connectivity index (χ2v) is 17.3. The first kappa shape index (κ1) is 28.2. The monoisotopic (exact) mass is 581 g/mol. The molecule has 0 aromatic heterocycles. The molecule has 0 amide bonds. The number of nitrogens with zero attached hydrogens (tertiary/aromatic N) is 3. The molecule has 3 nitrogen and oxygen atoms in total. The van der Waals surface area contributed by atoms with E-state index in [1.54, 1.807) is 0 Å². The number of halogens is 2. The van der Waals surface area contributed by atoms with E-state index in [0.717, 1.165) is 11.4 Å². The molecule has 1 saturated carbocycles. The van der Waals surface area contributed by atoms with Crippen molar-refractivity contribution < 1.29 is 17.0 Å². The number of dihydropyridines is 1. The maximum atomic E-state index is 5.16. The Morgan fingerprint density at radius 3 is 2.03 bits per heavy atom. The first-order valence-corrected chi connectivity index (χ1v) is 19.7. The van der Waals surface area contributed by atoms with Crippen LogP contribution in [0.2, 0.25) is 18.6 Å². The van der Waals surface area contributed by atoms with Gasteiger partial charge in [0.2, 0.25) is 0 Å². The number of hydrogen-bond acceptors (Lipinski definition) is 2. The number of anilines is 2. The van der Waals surface area contributed by atoms with Crippen LogP contribution in [0.3, 0.4) is 0 Å². The second kappa shape index (κ2) is 11.9. The molecule has 0 saturated heterocycles. The van der Waals surface area contributed by atoms with E-state index in [9.17, 15) is 0 Å². The molecule has 6 rings (SSSR count). The van der Waals surface area contributed by atoms with Crippen LogP contribution in [0.1, 0.15) is 18.9 Å². The number of fused-ring (bicyclic) bond motifs is 3. The molecule has 0 bridgehead atoms. The zero-order chi connectivity index (χ0) is 25.3. The van der Waals surface area contributed by atoms with E-state index in [-0.39, 0.29) is 7.43 Å². The summed E-state index contributed by atoms with van der Waals surface area (Å²) in [5.41, 5.74) is 8.02. The van der Waals surface area contributed by atoms with Crippen molar-refractivity contribution in [1.82, 2.24) is 0 Å². The fraction of sp³-hybridized carbons (Fsp3) is 0.267. The summed E-state index contributed by atoms with van der Waals surface area (Å²) in [6.07, 6.45) is 5.53. The van der Waals surface area contributed by atoms with Crippen molar-refractivity contribution >= 4 is 61.4 Å². The van der Waals surface area contributed by atoms with Crippen LogP contribution in [0, 0.1) is 19.3 Å². The standard InChI is InChI=1S/C29H30N3Si.CH3.2ClH.Ti/c1-20-19-23-22(21-11-5-4-6-12-21)17-18-30-28(23)29(20)33(2,3)32-26-15-9-7-13-24(26)31-25-14-8-10-16-27(25)32;;;;/h4-18,20,23,28-29H,19H2,1-3H3;1H3;2*1H;/q2*-1;;;+2/p-2/t20-,23-,28+,29?;;;;/m1..../s1. The van der Waals surface area contributed by atoms with Crippen LogP contribution in [0.5, 0.6) is 0 Å². The molecule has 37 heavy (non-hydrogen) atoms. The number of allylic oxidation sites excluding steroid dienone is 1. The average Bonchev–Trinajstić information content (AvgIpc) is 3.24. The van der Waals surface area contributed by atoms with Gasteiger partial charge >= 0.3 is 35.6 Å². The van der Waals surface area contributed by atoms with E-state index >= 15 is 0 Å². The van der Waals surface area contributed by atoms with Gasteiger partial charge in [-0.05, 0) is 47.2 Å². The van der Waals surface area contributed by atoms with Crippen molar-refractivity contribution in [3.05, 3.63) is 103 Å². The fourth-order valence-corrected chi connectivity index (χ4v) is 11.3. The summed E-state index contributed by atoms with van der Waals surface area (Å²) in [5.74, 6) is 1.10. The molecule has 192 valence electrons. The van der Waals surface area contributed by atoms with Gasteiger partial charge in [-0.25, -0.2) is 0 Å². The third-order valence-corrected chi connectivity index (χ3v) is 12.1. The van der Waals surface area contributed by atoms with Gasteiger partial charge in [0, 0.05) is 23.5 Å². The van der Waals surface area contributed by atoms with E-state index in [0.29, 0.717) is 23.4 Å². The van der Waals surface area contributed by atoms with Gasteiger partial charge in [0.05, 0.1) is 6.04 Å². The Balaban J connectivity index is 0.000000765. The zero-order valence-corrected chi connectivity index (χ0v) is 25.8. The van der Waals surface area contributed by atoms with E-state index in [2.05, 4.69) is 116 Å². The quantitative estimate of drug-likeness (QED) is 0.223. The van der Waals surface area contributed by atoms with Crippen LogP contribution < -0.4 is 4.57 Å². The summed E-state index contributed by atoms with van der Waals surface area (Å²) in [6.45, 7) is 7.55. The topological polar surface area (TPSA) is 29.7 Å². The van der Waals surface area contributed by atoms with Gasteiger partial charge in [-0.15, -0.1) is 11.4 Å². The zero-order valence-electron chi connectivity index (χ0n) is 21.8. The van der Waals surface area contributed by atoms with Gasteiger partial charge in [-0.2, -0.15) is 0 Å². The minimum atomic E-state index is -2.04. The first-order chi connectivity index (χ1) is 17.5. The van der Waals surface area contributed by atoms with Crippen molar-refractivity contribution in [2.24, 2.45) is 16.8 Å². The van der Waals surface area contributed by atoms with Crippen molar-refractivity contribution in [1.29, 1.82) is 0 Å². The molecule has 1 fully saturated rings. The third kappa shape index (κ3) is 5.24. The Kier molecular flexibility index (Phi) is 9.09. The van der Waals surface area contributed by atoms with E-state index in [1.165, 1.54) is 28.9 Å². The Morgan fingerprint density at radius 2 is 1.43 bits per heavy atom. The number of benzene rings is 3. The van der Waals surface area contributed by atoms with Crippen molar-refractivity contribution in [2.75, 3.05) is 4.57 Å². The molecule has 0 N–H and O–H groups in total. The van der Waals surface area contributed by atoms with Gasteiger partial charge in [-0.1, -0.05) is 86.7 Å². The van der Waals surface area contributed by atoms with Crippen LogP contribution >= 0.6 is 18.6 Å². The van der Waals surface area contributed by atoms with Gasteiger partial charge in [-0.3, -0.25) is 4.99 Å². The summed E-state index contributed by atoms with van der Waals surface area (Å²) < 4.78 is 2.68. The summed E-state index contributed by atoms with van der Waals surface area (Å²) in [6, 6.07) is 28.5.